The number of hydrogen-bond acceptors (Lipinski definition) is 4. The maximum atomic E-state index is 4.85. The highest BCUT2D eigenvalue weighted by molar-refractivity contribution is 8.02. The Morgan fingerprint density at radius 1 is 1.17 bits per heavy atom. The van der Waals surface area contributed by atoms with Gasteiger partial charge in [-0.2, -0.15) is 0 Å². The van der Waals surface area contributed by atoms with Crippen LogP contribution < -0.4 is 4.90 Å². The first-order valence-corrected chi connectivity index (χ1v) is 10.3. The number of anilines is 1. The van der Waals surface area contributed by atoms with Gasteiger partial charge in [0.25, 0.3) is 0 Å². The lowest BCUT2D eigenvalue weighted by Crippen LogP contribution is -2.37. The highest BCUT2D eigenvalue weighted by atomic mass is 32.2. The summed E-state index contributed by atoms with van der Waals surface area (Å²) in [5, 5.41) is 0. The lowest BCUT2D eigenvalue weighted by Gasteiger charge is -2.29. The van der Waals surface area contributed by atoms with Crippen LogP contribution in [0.5, 0.6) is 0 Å². The molecule has 4 aliphatic rings. The average Bonchev–Trinajstić information content (AvgIpc) is 3.32. The van der Waals surface area contributed by atoms with E-state index in [0.717, 1.165) is 24.4 Å². The number of thioether (sulfide) groups is 1. The SMILES string of the molecule is CSC1=Cc2c(ccnc2N2CCCN3CCC[C@H]3C2)C2CC12. The summed E-state index contributed by atoms with van der Waals surface area (Å²) in [6, 6.07) is 3.02. The summed E-state index contributed by atoms with van der Waals surface area (Å²) < 4.78 is 0. The molecule has 5 rings (SSSR count). The number of aromatic nitrogens is 1. The van der Waals surface area contributed by atoms with Crippen LogP contribution in [-0.4, -0.2) is 48.4 Å². The number of hydrogen-bond donors (Lipinski definition) is 0. The minimum Gasteiger partial charge on any atom is -0.354 e. The summed E-state index contributed by atoms with van der Waals surface area (Å²) >= 11 is 1.94. The third kappa shape index (κ3) is 2.33. The zero-order valence-electron chi connectivity index (χ0n) is 13.9. The molecule has 0 aromatic carbocycles. The van der Waals surface area contributed by atoms with E-state index < -0.39 is 0 Å². The van der Waals surface area contributed by atoms with Crippen LogP contribution >= 0.6 is 11.8 Å². The van der Waals surface area contributed by atoms with Crippen molar-refractivity contribution in [3.05, 3.63) is 28.3 Å². The summed E-state index contributed by atoms with van der Waals surface area (Å²) in [6.45, 7) is 4.90. The predicted octanol–water partition coefficient (Wildman–Crippen LogP) is 3.58. The second-order valence-corrected chi connectivity index (χ2v) is 8.35. The zero-order chi connectivity index (χ0) is 15.4. The summed E-state index contributed by atoms with van der Waals surface area (Å²) in [5.41, 5.74) is 2.99. The van der Waals surface area contributed by atoms with Crippen molar-refractivity contribution < 1.29 is 0 Å². The molecule has 2 aliphatic carbocycles. The summed E-state index contributed by atoms with van der Waals surface area (Å²) in [5.74, 6) is 2.84. The van der Waals surface area contributed by atoms with Crippen LogP contribution in [-0.2, 0) is 0 Å². The normalized spacial score (nSPS) is 32.7. The maximum Gasteiger partial charge on any atom is 0.136 e. The zero-order valence-corrected chi connectivity index (χ0v) is 14.7. The fourth-order valence-corrected chi connectivity index (χ4v) is 5.71. The standard InChI is InChI=1S/C19H25N3S/c1-23-18-11-17-14(15-10-16(15)18)5-6-20-19(17)22-9-3-8-21-7-2-4-13(21)12-22/h5-6,11,13,15-16H,2-4,7-10,12H2,1H3/t13-,15?,16?/m0/s1. The summed E-state index contributed by atoms with van der Waals surface area (Å²) in [7, 11) is 0. The summed E-state index contributed by atoms with van der Waals surface area (Å²) in [4.78, 5) is 11.7. The molecule has 0 spiro atoms. The largest absolute Gasteiger partial charge is 0.354 e. The van der Waals surface area contributed by atoms with Gasteiger partial charge in [-0.25, -0.2) is 4.98 Å². The fraction of sp³-hybridized carbons (Fsp3) is 0.632. The Kier molecular flexibility index (Phi) is 3.45. The van der Waals surface area contributed by atoms with Gasteiger partial charge in [-0.15, -0.1) is 11.8 Å². The Morgan fingerprint density at radius 2 is 2.09 bits per heavy atom. The highest BCUT2D eigenvalue weighted by Gasteiger charge is 2.45. The van der Waals surface area contributed by atoms with E-state index in [1.807, 2.05) is 11.8 Å². The quantitative estimate of drug-likeness (QED) is 0.826. The molecule has 0 radical (unpaired) electrons. The molecule has 0 bridgehead atoms. The van der Waals surface area contributed by atoms with E-state index >= 15 is 0 Å². The van der Waals surface area contributed by atoms with Gasteiger partial charge in [0.15, 0.2) is 0 Å². The molecule has 4 heteroatoms. The van der Waals surface area contributed by atoms with Crippen LogP contribution in [0.1, 0.15) is 42.7 Å². The van der Waals surface area contributed by atoms with Gasteiger partial charge >= 0.3 is 0 Å². The van der Waals surface area contributed by atoms with Gasteiger partial charge in [0.05, 0.1) is 0 Å². The van der Waals surface area contributed by atoms with Crippen molar-refractivity contribution in [3.63, 3.8) is 0 Å². The van der Waals surface area contributed by atoms with Gasteiger partial charge in [0, 0.05) is 37.4 Å². The Labute approximate surface area is 143 Å². The molecule has 1 aromatic rings. The second-order valence-electron chi connectivity index (χ2n) is 7.47. The Balaban J connectivity index is 1.52. The van der Waals surface area contributed by atoms with Gasteiger partial charge in [0.1, 0.15) is 5.82 Å². The molecule has 3 fully saturated rings. The van der Waals surface area contributed by atoms with Crippen molar-refractivity contribution in [1.29, 1.82) is 0 Å². The smallest absolute Gasteiger partial charge is 0.136 e. The molecule has 2 unspecified atom stereocenters. The van der Waals surface area contributed by atoms with Crippen LogP contribution in [0.2, 0.25) is 0 Å². The van der Waals surface area contributed by atoms with Gasteiger partial charge < -0.3 is 4.90 Å². The van der Waals surface area contributed by atoms with Crippen LogP contribution in [0, 0.1) is 5.92 Å². The van der Waals surface area contributed by atoms with Crippen molar-refractivity contribution in [2.75, 3.05) is 37.3 Å². The third-order valence-corrected chi connectivity index (χ3v) is 7.08. The Bertz CT molecular complexity index is 656. The van der Waals surface area contributed by atoms with E-state index in [-0.39, 0.29) is 0 Å². The van der Waals surface area contributed by atoms with Crippen molar-refractivity contribution in [2.45, 2.75) is 37.6 Å². The van der Waals surface area contributed by atoms with E-state index in [4.69, 9.17) is 4.98 Å². The van der Waals surface area contributed by atoms with Gasteiger partial charge in [-0.05, 0) is 72.9 Å². The lowest BCUT2D eigenvalue weighted by molar-refractivity contribution is 0.273. The molecule has 3 atom stereocenters. The Hall–Kier alpha value is -1.00. The maximum absolute atomic E-state index is 4.85. The molecule has 122 valence electrons. The van der Waals surface area contributed by atoms with E-state index in [1.54, 1.807) is 10.5 Å². The van der Waals surface area contributed by atoms with Crippen LogP contribution in [0.15, 0.2) is 17.2 Å². The minimum absolute atomic E-state index is 0.747. The van der Waals surface area contributed by atoms with Gasteiger partial charge in [0.2, 0.25) is 0 Å². The van der Waals surface area contributed by atoms with Crippen LogP contribution in [0.25, 0.3) is 6.08 Å². The molecule has 0 N–H and O–H groups in total. The molecule has 3 nitrogen and oxygen atoms in total. The molecule has 2 saturated heterocycles. The number of rotatable bonds is 2. The molecule has 3 heterocycles. The molecule has 0 amide bonds. The number of fused-ring (bicyclic) bond motifs is 4. The molecular formula is C19H25N3S. The molecule has 1 aromatic heterocycles. The first-order chi connectivity index (χ1) is 11.3. The molecular weight excluding hydrogens is 302 g/mol. The van der Waals surface area contributed by atoms with E-state index in [0.29, 0.717) is 0 Å². The molecule has 1 saturated carbocycles. The van der Waals surface area contributed by atoms with Crippen molar-refractivity contribution in [1.82, 2.24) is 9.88 Å². The number of allylic oxidation sites excluding steroid dienone is 1. The predicted molar refractivity (Wildman–Crippen MR) is 98.0 cm³/mol. The van der Waals surface area contributed by atoms with Crippen LogP contribution in [0.3, 0.4) is 0 Å². The van der Waals surface area contributed by atoms with E-state index in [9.17, 15) is 0 Å². The number of pyridine rings is 1. The van der Waals surface area contributed by atoms with Crippen molar-refractivity contribution >= 4 is 23.7 Å². The monoisotopic (exact) mass is 327 g/mol. The Morgan fingerprint density at radius 3 is 3.00 bits per heavy atom. The fourth-order valence-electron chi connectivity index (χ4n) is 4.91. The second kappa shape index (κ2) is 5.52. The van der Waals surface area contributed by atoms with Gasteiger partial charge in [-0.1, -0.05) is 0 Å². The lowest BCUT2D eigenvalue weighted by atomic mass is 9.97. The number of nitrogens with zero attached hydrogens (tertiary/aromatic N) is 3. The first kappa shape index (κ1) is 14.4. The average molecular weight is 327 g/mol. The topological polar surface area (TPSA) is 19.4 Å². The first-order valence-electron chi connectivity index (χ1n) is 9.08. The third-order valence-electron chi connectivity index (χ3n) is 6.18. The minimum atomic E-state index is 0.747. The molecule has 23 heavy (non-hydrogen) atoms. The highest BCUT2D eigenvalue weighted by Crippen LogP contribution is 2.59. The van der Waals surface area contributed by atoms with E-state index in [2.05, 4.69) is 34.4 Å². The molecule has 2 aliphatic heterocycles. The van der Waals surface area contributed by atoms with Crippen molar-refractivity contribution in [2.24, 2.45) is 5.92 Å². The summed E-state index contributed by atoms with van der Waals surface area (Å²) in [6.07, 6.45) is 12.1. The van der Waals surface area contributed by atoms with Crippen LogP contribution in [0.4, 0.5) is 5.82 Å². The van der Waals surface area contributed by atoms with Gasteiger partial charge in [-0.3, -0.25) is 4.90 Å². The van der Waals surface area contributed by atoms with E-state index in [1.165, 1.54) is 56.7 Å². The van der Waals surface area contributed by atoms with Crippen molar-refractivity contribution in [3.8, 4) is 0 Å².